The highest BCUT2D eigenvalue weighted by Gasteiger charge is 2.13. The maximum atomic E-state index is 4.75. The van der Waals surface area contributed by atoms with Gasteiger partial charge in [0.15, 0.2) is 17.4 Å². The van der Waals surface area contributed by atoms with Crippen molar-refractivity contribution in [1.82, 2.24) is 25.2 Å². The molecule has 0 radical (unpaired) electrons. The second-order valence-electron chi connectivity index (χ2n) is 7.42. The predicted octanol–water partition coefficient (Wildman–Crippen LogP) is 4.43. The molecule has 6 nitrogen and oxygen atoms in total. The molecule has 0 amide bonds. The first-order valence-electron chi connectivity index (χ1n) is 10.7. The predicted molar refractivity (Wildman–Crippen MR) is 141 cm³/mol. The maximum Gasteiger partial charge on any atom is 0.191 e. The summed E-state index contributed by atoms with van der Waals surface area (Å²) in [5, 5.41) is 15.4. The van der Waals surface area contributed by atoms with E-state index in [4.69, 9.17) is 4.99 Å². The Morgan fingerprint density at radius 2 is 1.62 bits per heavy atom. The zero-order valence-electron chi connectivity index (χ0n) is 18.2. The number of nitrogens with zero attached hydrogens (tertiary/aromatic N) is 4. The van der Waals surface area contributed by atoms with Crippen molar-refractivity contribution in [2.45, 2.75) is 25.8 Å². The summed E-state index contributed by atoms with van der Waals surface area (Å²) in [4.78, 5) is 4.75. The fourth-order valence-corrected chi connectivity index (χ4v) is 3.64. The summed E-state index contributed by atoms with van der Waals surface area (Å²) in [6.45, 7) is 4.10. The van der Waals surface area contributed by atoms with E-state index in [1.165, 1.54) is 11.1 Å². The van der Waals surface area contributed by atoms with E-state index in [0.29, 0.717) is 12.5 Å². The lowest BCUT2D eigenvalue weighted by Gasteiger charge is -2.20. The lowest BCUT2D eigenvalue weighted by molar-refractivity contribution is 0.644. The first kappa shape index (κ1) is 23.7. The van der Waals surface area contributed by atoms with Crippen LogP contribution in [0.25, 0.3) is 5.65 Å². The Morgan fingerprint density at radius 3 is 2.38 bits per heavy atom. The average Bonchev–Trinajstić information content (AvgIpc) is 3.24. The Balaban J connectivity index is 0.00000289. The van der Waals surface area contributed by atoms with Crippen LogP contribution in [0.5, 0.6) is 0 Å². The van der Waals surface area contributed by atoms with Gasteiger partial charge in [-0.1, -0.05) is 66.7 Å². The van der Waals surface area contributed by atoms with Crippen molar-refractivity contribution in [2.75, 3.05) is 13.1 Å². The van der Waals surface area contributed by atoms with Gasteiger partial charge >= 0.3 is 0 Å². The van der Waals surface area contributed by atoms with Crippen molar-refractivity contribution in [1.29, 1.82) is 0 Å². The zero-order valence-corrected chi connectivity index (χ0v) is 20.5. The topological polar surface area (TPSA) is 66.6 Å². The molecule has 1 unspecified atom stereocenters. The van der Waals surface area contributed by atoms with Gasteiger partial charge in [0.25, 0.3) is 0 Å². The number of halogens is 1. The molecule has 7 heteroatoms. The molecule has 4 rings (SSSR count). The van der Waals surface area contributed by atoms with Crippen LogP contribution in [0.2, 0.25) is 0 Å². The van der Waals surface area contributed by atoms with Gasteiger partial charge in [-0.25, -0.2) is 4.99 Å². The molecule has 0 aliphatic carbocycles. The van der Waals surface area contributed by atoms with Gasteiger partial charge in [0.1, 0.15) is 6.54 Å². The molecule has 0 aliphatic rings. The van der Waals surface area contributed by atoms with Crippen molar-refractivity contribution in [3.63, 3.8) is 0 Å². The average molecular weight is 540 g/mol. The first-order valence-corrected chi connectivity index (χ1v) is 10.7. The Kier molecular flexibility index (Phi) is 9.03. The van der Waals surface area contributed by atoms with E-state index in [2.05, 4.69) is 88.4 Å². The van der Waals surface area contributed by atoms with Crippen molar-refractivity contribution < 1.29 is 0 Å². The lowest BCUT2D eigenvalue weighted by atomic mass is 9.92. The highest BCUT2D eigenvalue weighted by molar-refractivity contribution is 14.0. The van der Waals surface area contributed by atoms with Gasteiger partial charge in [0.2, 0.25) is 0 Å². The highest BCUT2D eigenvalue weighted by Crippen LogP contribution is 2.20. The minimum Gasteiger partial charge on any atom is -0.357 e. The Morgan fingerprint density at radius 1 is 0.906 bits per heavy atom. The molecule has 0 aliphatic heterocycles. The number of nitrogens with one attached hydrogen (secondary N) is 2. The molecule has 166 valence electrons. The minimum absolute atomic E-state index is 0. The summed E-state index contributed by atoms with van der Waals surface area (Å²) < 4.78 is 1.97. The number of aliphatic imine (C=N–C) groups is 1. The number of guanidine groups is 1. The van der Waals surface area contributed by atoms with E-state index < -0.39 is 0 Å². The Bertz CT molecular complexity index is 1110. The number of aromatic nitrogens is 3. The summed E-state index contributed by atoms with van der Waals surface area (Å²) in [5.74, 6) is 1.93. The van der Waals surface area contributed by atoms with Crippen LogP contribution in [0.15, 0.2) is 90.1 Å². The van der Waals surface area contributed by atoms with E-state index in [9.17, 15) is 0 Å². The molecule has 2 N–H and O–H groups in total. The van der Waals surface area contributed by atoms with Crippen LogP contribution >= 0.6 is 24.0 Å². The zero-order chi connectivity index (χ0) is 21.3. The molecule has 0 saturated carbocycles. The van der Waals surface area contributed by atoms with Gasteiger partial charge in [-0.3, -0.25) is 4.40 Å². The van der Waals surface area contributed by atoms with Gasteiger partial charge < -0.3 is 10.6 Å². The fourth-order valence-electron chi connectivity index (χ4n) is 3.64. The van der Waals surface area contributed by atoms with Crippen LogP contribution in [0.3, 0.4) is 0 Å². The molecule has 2 aromatic heterocycles. The third-order valence-corrected chi connectivity index (χ3v) is 5.22. The summed E-state index contributed by atoms with van der Waals surface area (Å²) in [6.07, 6.45) is 2.93. The van der Waals surface area contributed by atoms with Gasteiger partial charge in [-0.2, -0.15) is 0 Å². The standard InChI is InChI=1S/C25H28N6.HI/c1-2-26-25(28-19-24-30-29-23-15-9-10-16-31(23)24)27-18-22(21-13-7-4-8-14-21)17-20-11-5-3-6-12-20;/h3-16,22H,2,17-19H2,1H3,(H2,26,27,28);1H. The largest absolute Gasteiger partial charge is 0.357 e. The smallest absolute Gasteiger partial charge is 0.191 e. The van der Waals surface area contributed by atoms with Gasteiger partial charge in [-0.15, -0.1) is 34.2 Å². The highest BCUT2D eigenvalue weighted by atomic mass is 127. The number of rotatable bonds is 8. The molecule has 2 aromatic carbocycles. The molecule has 0 bridgehead atoms. The Labute approximate surface area is 206 Å². The molecule has 1 atom stereocenters. The summed E-state index contributed by atoms with van der Waals surface area (Å²) in [6, 6.07) is 27.2. The fraction of sp³-hybridized carbons (Fsp3) is 0.240. The molecular weight excluding hydrogens is 511 g/mol. The van der Waals surface area contributed by atoms with Gasteiger partial charge in [0, 0.05) is 25.2 Å². The van der Waals surface area contributed by atoms with Gasteiger partial charge in [0.05, 0.1) is 0 Å². The molecule has 0 fully saturated rings. The van der Waals surface area contributed by atoms with E-state index >= 15 is 0 Å². The second kappa shape index (κ2) is 12.2. The molecule has 0 saturated heterocycles. The third kappa shape index (κ3) is 6.29. The van der Waals surface area contributed by atoms with Crippen LogP contribution in [0, 0.1) is 0 Å². The SMILES string of the molecule is CCNC(=NCc1nnc2ccccn12)NCC(Cc1ccccc1)c1ccccc1.I. The maximum absolute atomic E-state index is 4.75. The normalized spacial score (nSPS) is 12.2. The molecular formula is C25H29IN6. The number of pyridine rings is 1. The van der Waals surface area contributed by atoms with E-state index in [0.717, 1.165) is 36.9 Å². The molecule has 4 aromatic rings. The molecule has 0 spiro atoms. The number of benzene rings is 2. The van der Waals surface area contributed by atoms with Crippen LogP contribution in [-0.4, -0.2) is 33.6 Å². The summed E-state index contributed by atoms with van der Waals surface area (Å²) >= 11 is 0. The van der Waals surface area contributed by atoms with Crippen LogP contribution in [0.1, 0.15) is 29.8 Å². The van der Waals surface area contributed by atoms with E-state index in [1.807, 2.05) is 28.8 Å². The quantitative estimate of drug-likeness (QED) is 0.197. The van der Waals surface area contributed by atoms with Crippen LogP contribution in [0.4, 0.5) is 0 Å². The number of hydrogen-bond donors (Lipinski definition) is 2. The minimum atomic E-state index is 0. The monoisotopic (exact) mass is 540 g/mol. The molecule has 32 heavy (non-hydrogen) atoms. The van der Waals surface area contributed by atoms with Crippen molar-refractivity contribution in [2.24, 2.45) is 4.99 Å². The van der Waals surface area contributed by atoms with Crippen LogP contribution in [-0.2, 0) is 13.0 Å². The van der Waals surface area contributed by atoms with Crippen molar-refractivity contribution >= 4 is 35.6 Å². The first-order chi connectivity index (χ1) is 15.3. The second-order valence-corrected chi connectivity index (χ2v) is 7.42. The molecule has 2 heterocycles. The number of fused-ring (bicyclic) bond motifs is 1. The van der Waals surface area contributed by atoms with Crippen molar-refractivity contribution in [3.05, 3.63) is 102 Å². The van der Waals surface area contributed by atoms with E-state index in [-0.39, 0.29) is 24.0 Å². The summed E-state index contributed by atoms with van der Waals surface area (Å²) in [7, 11) is 0. The summed E-state index contributed by atoms with van der Waals surface area (Å²) in [5.41, 5.74) is 3.48. The van der Waals surface area contributed by atoms with Crippen molar-refractivity contribution in [3.8, 4) is 0 Å². The third-order valence-electron chi connectivity index (χ3n) is 5.22. The lowest BCUT2D eigenvalue weighted by Crippen LogP contribution is -2.39. The van der Waals surface area contributed by atoms with Crippen LogP contribution < -0.4 is 10.6 Å². The van der Waals surface area contributed by atoms with E-state index in [1.54, 1.807) is 0 Å². The van der Waals surface area contributed by atoms with Gasteiger partial charge in [-0.05, 0) is 36.6 Å². The number of hydrogen-bond acceptors (Lipinski definition) is 3. The Hall–Kier alpha value is -2.94.